The number of fused-ring (bicyclic) bond motifs is 3. The summed E-state index contributed by atoms with van der Waals surface area (Å²) in [6.45, 7) is 6.66. The van der Waals surface area contributed by atoms with E-state index in [0.29, 0.717) is 18.0 Å². The van der Waals surface area contributed by atoms with Gasteiger partial charge in [-0.1, -0.05) is 19.9 Å². The summed E-state index contributed by atoms with van der Waals surface area (Å²) in [6, 6.07) is 4.07. The molecule has 4 rings (SSSR count). The minimum Gasteiger partial charge on any atom is -0.466 e. The average Bonchev–Trinajstić information content (AvgIpc) is 3.40. The molecule has 1 aromatic carbocycles. The van der Waals surface area contributed by atoms with E-state index in [2.05, 4.69) is 23.6 Å². The van der Waals surface area contributed by atoms with Gasteiger partial charge in [0.15, 0.2) is 9.84 Å². The molecule has 1 heterocycles. The van der Waals surface area contributed by atoms with Crippen molar-refractivity contribution in [2.75, 3.05) is 24.7 Å². The maximum atomic E-state index is 13.7. The highest BCUT2D eigenvalue weighted by atomic mass is 32.2. The number of nitrogens with one attached hydrogen (secondary N) is 1. The van der Waals surface area contributed by atoms with Gasteiger partial charge < -0.3 is 15.0 Å². The van der Waals surface area contributed by atoms with Gasteiger partial charge in [0, 0.05) is 18.8 Å². The molecule has 0 aromatic heterocycles. The van der Waals surface area contributed by atoms with E-state index >= 15 is 0 Å². The molecule has 4 atom stereocenters. The molecule has 12 heteroatoms. The molecule has 2 fully saturated rings. The Labute approximate surface area is 225 Å². The fourth-order valence-corrected chi connectivity index (χ4v) is 8.07. The molecule has 10 nitrogen and oxygen atoms in total. The van der Waals surface area contributed by atoms with Crippen LogP contribution in [0.3, 0.4) is 0 Å². The molecule has 1 aromatic rings. The molecule has 0 spiro atoms. The van der Waals surface area contributed by atoms with Crippen LogP contribution in [0.15, 0.2) is 27.5 Å². The maximum absolute atomic E-state index is 13.7. The first-order valence-electron chi connectivity index (χ1n) is 13.2. The monoisotopic (exact) mass is 567 g/mol. The first-order chi connectivity index (χ1) is 17.8. The molecule has 38 heavy (non-hydrogen) atoms. The van der Waals surface area contributed by atoms with Gasteiger partial charge in [0.2, 0.25) is 5.91 Å². The van der Waals surface area contributed by atoms with Crippen LogP contribution in [-0.4, -0.2) is 64.9 Å². The summed E-state index contributed by atoms with van der Waals surface area (Å²) < 4.78 is 58.5. The van der Waals surface area contributed by atoms with Crippen LogP contribution >= 0.6 is 0 Å². The zero-order chi connectivity index (χ0) is 27.8. The van der Waals surface area contributed by atoms with E-state index in [-0.39, 0.29) is 70.9 Å². The zero-order valence-corrected chi connectivity index (χ0v) is 24.0. The van der Waals surface area contributed by atoms with Crippen LogP contribution in [0.25, 0.3) is 0 Å². The van der Waals surface area contributed by atoms with Crippen molar-refractivity contribution in [3.8, 4) is 0 Å². The molecule has 3 aliphatic rings. The number of hydrogen-bond donors (Lipinski definition) is 1. The van der Waals surface area contributed by atoms with Crippen molar-refractivity contribution < 1.29 is 31.2 Å². The SMILES string of the molecule is CCOC(=O)C1C(N(CCC(C)C)C(=O)CC2=NS(=O)(=O)c3cc(CS(C)(=O)=O)ccc3N2)[C@@H]2CC[C@H]1C2. The van der Waals surface area contributed by atoms with Gasteiger partial charge in [-0.25, -0.2) is 8.42 Å². The summed E-state index contributed by atoms with van der Waals surface area (Å²) >= 11 is 0. The number of sulfone groups is 1. The molecule has 210 valence electrons. The van der Waals surface area contributed by atoms with Crippen LogP contribution in [0, 0.1) is 23.7 Å². The molecule has 0 radical (unpaired) electrons. The first kappa shape index (κ1) is 28.5. The second-order valence-corrected chi connectivity index (χ2v) is 14.8. The van der Waals surface area contributed by atoms with Gasteiger partial charge in [0.1, 0.15) is 10.7 Å². The van der Waals surface area contributed by atoms with E-state index in [9.17, 15) is 26.4 Å². The largest absolute Gasteiger partial charge is 0.466 e. The van der Waals surface area contributed by atoms with Gasteiger partial charge in [-0.3, -0.25) is 9.59 Å². The van der Waals surface area contributed by atoms with Gasteiger partial charge in [0.05, 0.1) is 30.4 Å². The Bertz CT molecular complexity index is 1340. The topological polar surface area (TPSA) is 139 Å². The minimum atomic E-state index is -4.14. The average molecular weight is 568 g/mol. The van der Waals surface area contributed by atoms with Gasteiger partial charge >= 0.3 is 5.97 Å². The highest BCUT2D eigenvalue weighted by molar-refractivity contribution is 7.90. The van der Waals surface area contributed by atoms with Crippen molar-refractivity contribution >= 4 is 43.3 Å². The quantitative estimate of drug-likeness (QED) is 0.426. The van der Waals surface area contributed by atoms with E-state index in [1.165, 1.54) is 12.1 Å². The second-order valence-electron chi connectivity index (χ2n) is 11.1. The van der Waals surface area contributed by atoms with Gasteiger partial charge in [-0.15, -0.1) is 4.40 Å². The summed E-state index contributed by atoms with van der Waals surface area (Å²) in [6.07, 6.45) is 4.35. The number of esters is 1. The van der Waals surface area contributed by atoms with Gasteiger partial charge in [-0.05, 0) is 68.1 Å². The first-order valence-corrected chi connectivity index (χ1v) is 16.7. The fraction of sp³-hybridized carbons (Fsp3) is 0.654. The predicted octanol–water partition coefficient (Wildman–Crippen LogP) is 2.99. The lowest BCUT2D eigenvalue weighted by molar-refractivity contribution is -0.154. The highest BCUT2D eigenvalue weighted by Gasteiger charge is 2.54. The van der Waals surface area contributed by atoms with Crippen LogP contribution in [0.2, 0.25) is 0 Å². The fourth-order valence-electron chi connectivity index (χ4n) is 6.09. The molecule has 2 unspecified atom stereocenters. The van der Waals surface area contributed by atoms with Crippen LogP contribution in [0.1, 0.15) is 58.4 Å². The van der Waals surface area contributed by atoms with E-state index in [1.54, 1.807) is 17.9 Å². The summed E-state index contributed by atoms with van der Waals surface area (Å²) in [4.78, 5) is 28.3. The lowest BCUT2D eigenvalue weighted by Crippen LogP contribution is -2.51. The number of nitrogens with zero attached hydrogens (tertiary/aromatic N) is 2. The predicted molar refractivity (Wildman–Crippen MR) is 144 cm³/mol. The number of rotatable bonds is 10. The van der Waals surface area contributed by atoms with Crippen molar-refractivity contribution in [1.82, 2.24) is 4.90 Å². The standard InChI is InChI=1S/C26H37N3O7S2/c1-5-36-26(31)24-18-7-8-19(13-18)25(24)29(11-10-16(2)3)23(30)14-22-27-20-9-6-17(15-37(4,32)33)12-21(20)38(34,35)28-22/h6,9,12,16,18-19,24-25H,5,7-8,10-11,13-15H2,1-4H3,(H,27,28)/t18-,19+,24?,25?/m0/s1. The maximum Gasteiger partial charge on any atom is 0.311 e. The summed E-state index contributed by atoms with van der Waals surface area (Å²) in [7, 11) is -7.49. The second kappa shape index (κ2) is 11.0. The van der Waals surface area contributed by atoms with E-state index in [0.717, 1.165) is 31.9 Å². The van der Waals surface area contributed by atoms with Crippen molar-refractivity contribution in [1.29, 1.82) is 0 Å². The van der Waals surface area contributed by atoms with Crippen LogP contribution in [-0.2, 0) is 39.9 Å². The summed E-state index contributed by atoms with van der Waals surface area (Å²) in [5.41, 5.74) is 0.589. The number of amidine groups is 1. The minimum absolute atomic E-state index is 0.00347. The molecule has 1 N–H and O–H groups in total. The number of benzene rings is 1. The zero-order valence-electron chi connectivity index (χ0n) is 22.3. The normalized spacial score (nSPS) is 25.4. The molecule has 2 saturated carbocycles. The van der Waals surface area contributed by atoms with Crippen LogP contribution in [0.5, 0.6) is 0 Å². The van der Waals surface area contributed by atoms with Crippen molar-refractivity contribution in [2.45, 2.75) is 69.6 Å². The molecular weight excluding hydrogens is 530 g/mol. The molecule has 0 saturated heterocycles. The Kier molecular flexibility index (Phi) is 8.23. The number of anilines is 1. The molecule has 1 aliphatic heterocycles. The molecule has 2 aliphatic carbocycles. The summed E-state index contributed by atoms with van der Waals surface area (Å²) in [5.74, 6) is -0.462. The van der Waals surface area contributed by atoms with Gasteiger partial charge in [0.25, 0.3) is 10.0 Å². The van der Waals surface area contributed by atoms with Gasteiger partial charge in [-0.2, -0.15) is 8.42 Å². The Hall–Kier alpha value is -2.47. The number of hydrogen-bond acceptors (Lipinski definition) is 8. The molecule has 2 bridgehead atoms. The number of ether oxygens (including phenoxy) is 1. The summed E-state index contributed by atoms with van der Waals surface area (Å²) in [5, 5.41) is 2.95. The number of carbonyl (C=O) groups excluding carboxylic acids is 2. The van der Waals surface area contributed by atoms with Crippen molar-refractivity contribution in [3.05, 3.63) is 23.8 Å². The molecular formula is C26H37N3O7S2. The molecule has 1 amide bonds. The Balaban J connectivity index is 1.58. The Morgan fingerprint density at radius 1 is 1.21 bits per heavy atom. The number of carbonyl (C=O) groups is 2. The smallest absolute Gasteiger partial charge is 0.311 e. The third-order valence-electron chi connectivity index (χ3n) is 7.64. The van der Waals surface area contributed by atoms with Crippen molar-refractivity contribution in [2.24, 2.45) is 28.1 Å². The third kappa shape index (κ3) is 6.22. The Morgan fingerprint density at radius 3 is 2.58 bits per heavy atom. The van der Waals surface area contributed by atoms with Crippen LogP contribution in [0.4, 0.5) is 5.69 Å². The van der Waals surface area contributed by atoms with E-state index < -0.39 is 19.9 Å². The highest BCUT2D eigenvalue weighted by Crippen LogP contribution is 2.51. The Morgan fingerprint density at radius 2 is 1.92 bits per heavy atom. The van der Waals surface area contributed by atoms with E-state index in [1.807, 2.05) is 0 Å². The van der Waals surface area contributed by atoms with Crippen LogP contribution < -0.4 is 5.32 Å². The lowest BCUT2D eigenvalue weighted by atomic mass is 9.83. The lowest BCUT2D eigenvalue weighted by Gasteiger charge is -2.39. The third-order valence-corrected chi connectivity index (χ3v) is 9.85. The van der Waals surface area contributed by atoms with E-state index in [4.69, 9.17) is 4.74 Å². The number of amides is 1. The van der Waals surface area contributed by atoms with Crippen molar-refractivity contribution in [3.63, 3.8) is 0 Å². The number of sulfonamides is 1.